The molecule has 0 spiro atoms. The summed E-state index contributed by atoms with van der Waals surface area (Å²) in [5.41, 5.74) is 4.37. The molecule has 0 amide bonds. The standard InChI is InChI=1S/C15H15N/c1-12-8-10-14(11-9-12)13(2)16-15-6-4-3-5-7-15/h3-11,16H,2H2,1H3. The van der Waals surface area contributed by atoms with E-state index in [1.54, 1.807) is 0 Å². The van der Waals surface area contributed by atoms with Gasteiger partial charge in [-0.2, -0.15) is 0 Å². The summed E-state index contributed by atoms with van der Waals surface area (Å²) in [6.07, 6.45) is 0. The molecule has 16 heavy (non-hydrogen) atoms. The van der Waals surface area contributed by atoms with Gasteiger partial charge in [-0.25, -0.2) is 0 Å². The molecular formula is C15H15N. The van der Waals surface area contributed by atoms with E-state index in [2.05, 4.69) is 43.1 Å². The maximum atomic E-state index is 4.04. The van der Waals surface area contributed by atoms with E-state index in [4.69, 9.17) is 0 Å². The third-order valence-corrected chi connectivity index (χ3v) is 2.47. The van der Waals surface area contributed by atoms with E-state index in [0.717, 1.165) is 16.9 Å². The lowest BCUT2D eigenvalue weighted by Gasteiger charge is -2.09. The van der Waals surface area contributed by atoms with Crippen LogP contribution in [-0.4, -0.2) is 0 Å². The summed E-state index contributed by atoms with van der Waals surface area (Å²) in [6.45, 7) is 6.12. The zero-order chi connectivity index (χ0) is 11.4. The fourth-order valence-corrected chi connectivity index (χ4v) is 1.52. The Morgan fingerprint density at radius 1 is 0.938 bits per heavy atom. The number of hydrogen-bond donors (Lipinski definition) is 1. The van der Waals surface area contributed by atoms with Crippen molar-refractivity contribution in [2.45, 2.75) is 6.92 Å². The number of anilines is 1. The summed E-state index contributed by atoms with van der Waals surface area (Å²) in [4.78, 5) is 0. The van der Waals surface area contributed by atoms with Crippen LogP contribution in [0.3, 0.4) is 0 Å². The zero-order valence-electron chi connectivity index (χ0n) is 9.40. The molecule has 2 rings (SSSR count). The second-order valence-corrected chi connectivity index (χ2v) is 3.84. The van der Waals surface area contributed by atoms with Crippen LogP contribution in [0.2, 0.25) is 0 Å². The lowest BCUT2D eigenvalue weighted by Crippen LogP contribution is -1.96. The van der Waals surface area contributed by atoms with E-state index >= 15 is 0 Å². The first-order valence-electron chi connectivity index (χ1n) is 5.34. The number of hydrogen-bond acceptors (Lipinski definition) is 1. The summed E-state index contributed by atoms with van der Waals surface area (Å²) in [5.74, 6) is 0. The van der Waals surface area contributed by atoms with E-state index < -0.39 is 0 Å². The third kappa shape index (κ3) is 2.51. The number of benzene rings is 2. The first-order valence-corrected chi connectivity index (χ1v) is 5.34. The van der Waals surface area contributed by atoms with Crippen LogP contribution in [0.25, 0.3) is 5.70 Å². The SMILES string of the molecule is C=C(Nc1ccccc1)c1ccc(C)cc1. The van der Waals surface area contributed by atoms with Crippen molar-refractivity contribution < 1.29 is 0 Å². The summed E-state index contributed by atoms with van der Waals surface area (Å²) in [5, 5.41) is 3.28. The molecular weight excluding hydrogens is 194 g/mol. The van der Waals surface area contributed by atoms with Gasteiger partial charge in [-0.05, 0) is 24.6 Å². The van der Waals surface area contributed by atoms with Crippen molar-refractivity contribution in [1.82, 2.24) is 0 Å². The van der Waals surface area contributed by atoms with Crippen molar-refractivity contribution in [1.29, 1.82) is 0 Å². The minimum absolute atomic E-state index is 0.922. The van der Waals surface area contributed by atoms with E-state index in [1.165, 1.54) is 5.56 Å². The Kier molecular flexibility index (Phi) is 3.06. The highest BCUT2D eigenvalue weighted by Gasteiger charge is 1.98. The summed E-state index contributed by atoms with van der Waals surface area (Å²) < 4.78 is 0. The van der Waals surface area contributed by atoms with Crippen LogP contribution in [-0.2, 0) is 0 Å². The number of para-hydroxylation sites is 1. The van der Waals surface area contributed by atoms with Gasteiger partial charge in [0.25, 0.3) is 0 Å². The van der Waals surface area contributed by atoms with Gasteiger partial charge in [0.1, 0.15) is 0 Å². The van der Waals surface area contributed by atoms with E-state index in [1.807, 2.05) is 30.3 Å². The average Bonchev–Trinajstić information content (AvgIpc) is 2.31. The lowest BCUT2D eigenvalue weighted by atomic mass is 10.1. The van der Waals surface area contributed by atoms with Crippen LogP contribution in [0.1, 0.15) is 11.1 Å². The fourth-order valence-electron chi connectivity index (χ4n) is 1.52. The number of aryl methyl sites for hydroxylation is 1. The molecule has 0 radical (unpaired) electrons. The Labute approximate surface area is 96.4 Å². The van der Waals surface area contributed by atoms with Gasteiger partial charge in [-0.15, -0.1) is 0 Å². The molecule has 0 saturated carbocycles. The molecule has 0 aliphatic heterocycles. The first kappa shape index (κ1) is 10.5. The van der Waals surface area contributed by atoms with Crippen LogP contribution in [0.4, 0.5) is 5.69 Å². The van der Waals surface area contributed by atoms with E-state index in [0.29, 0.717) is 0 Å². The molecule has 0 atom stereocenters. The molecule has 1 N–H and O–H groups in total. The predicted molar refractivity (Wildman–Crippen MR) is 70.3 cm³/mol. The third-order valence-electron chi connectivity index (χ3n) is 2.47. The van der Waals surface area contributed by atoms with Crippen molar-refractivity contribution in [3.8, 4) is 0 Å². The van der Waals surface area contributed by atoms with Gasteiger partial charge in [0.15, 0.2) is 0 Å². The van der Waals surface area contributed by atoms with Gasteiger partial charge in [0.05, 0.1) is 0 Å². The molecule has 80 valence electrons. The highest BCUT2D eigenvalue weighted by molar-refractivity contribution is 5.75. The second-order valence-electron chi connectivity index (χ2n) is 3.84. The summed E-state index contributed by atoms with van der Waals surface area (Å²) >= 11 is 0. The second kappa shape index (κ2) is 4.67. The van der Waals surface area contributed by atoms with Crippen LogP contribution >= 0.6 is 0 Å². The minimum atomic E-state index is 0.922. The van der Waals surface area contributed by atoms with Crippen LogP contribution in [0.15, 0.2) is 61.2 Å². The Balaban J connectivity index is 2.12. The topological polar surface area (TPSA) is 12.0 Å². The highest BCUT2D eigenvalue weighted by atomic mass is 14.9. The van der Waals surface area contributed by atoms with Crippen molar-refractivity contribution in [2.75, 3.05) is 5.32 Å². The van der Waals surface area contributed by atoms with Gasteiger partial charge < -0.3 is 5.32 Å². The van der Waals surface area contributed by atoms with Gasteiger partial charge in [-0.3, -0.25) is 0 Å². The molecule has 0 aliphatic carbocycles. The zero-order valence-corrected chi connectivity index (χ0v) is 9.40. The maximum absolute atomic E-state index is 4.04. The van der Waals surface area contributed by atoms with Crippen molar-refractivity contribution in [3.05, 3.63) is 72.3 Å². The fraction of sp³-hybridized carbons (Fsp3) is 0.0667. The Morgan fingerprint density at radius 3 is 2.19 bits per heavy atom. The van der Waals surface area contributed by atoms with E-state index in [-0.39, 0.29) is 0 Å². The molecule has 0 unspecified atom stereocenters. The molecule has 2 aromatic rings. The Hall–Kier alpha value is -2.02. The smallest absolute Gasteiger partial charge is 0.0384 e. The number of rotatable bonds is 3. The van der Waals surface area contributed by atoms with E-state index in [9.17, 15) is 0 Å². The van der Waals surface area contributed by atoms with Gasteiger partial charge in [0.2, 0.25) is 0 Å². The van der Waals surface area contributed by atoms with Gasteiger partial charge in [-0.1, -0.05) is 54.6 Å². The van der Waals surface area contributed by atoms with Crippen LogP contribution < -0.4 is 5.32 Å². The molecule has 0 aliphatic rings. The largest absolute Gasteiger partial charge is 0.356 e. The predicted octanol–water partition coefficient (Wildman–Crippen LogP) is 4.08. The average molecular weight is 209 g/mol. The van der Waals surface area contributed by atoms with Crippen LogP contribution in [0.5, 0.6) is 0 Å². The molecule has 1 heteroatoms. The highest BCUT2D eigenvalue weighted by Crippen LogP contribution is 2.16. The van der Waals surface area contributed by atoms with Crippen molar-refractivity contribution in [2.24, 2.45) is 0 Å². The molecule has 2 aromatic carbocycles. The van der Waals surface area contributed by atoms with Crippen LogP contribution in [0, 0.1) is 6.92 Å². The molecule has 0 saturated heterocycles. The minimum Gasteiger partial charge on any atom is -0.356 e. The van der Waals surface area contributed by atoms with Crippen molar-refractivity contribution in [3.63, 3.8) is 0 Å². The first-order chi connectivity index (χ1) is 7.75. The molecule has 0 aromatic heterocycles. The number of nitrogens with one attached hydrogen (secondary N) is 1. The van der Waals surface area contributed by atoms with Gasteiger partial charge >= 0.3 is 0 Å². The Bertz CT molecular complexity index is 469. The molecule has 0 fully saturated rings. The quantitative estimate of drug-likeness (QED) is 0.803. The molecule has 0 bridgehead atoms. The summed E-state index contributed by atoms with van der Waals surface area (Å²) in [6, 6.07) is 18.4. The molecule has 1 nitrogen and oxygen atoms in total. The molecule has 0 heterocycles. The Morgan fingerprint density at radius 2 is 1.56 bits per heavy atom. The lowest BCUT2D eigenvalue weighted by molar-refractivity contribution is 1.44. The van der Waals surface area contributed by atoms with Gasteiger partial charge in [0, 0.05) is 11.4 Å². The normalized spacial score (nSPS) is 9.81. The monoisotopic (exact) mass is 209 g/mol. The maximum Gasteiger partial charge on any atom is 0.0384 e. The van der Waals surface area contributed by atoms with Crippen molar-refractivity contribution >= 4 is 11.4 Å². The summed E-state index contributed by atoms with van der Waals surface area (Å²) in [7, 11) is 0.